The molecule has 1 aromatic carbocycles. The van der Waals surface area contributed by atoms with Crippen molar-refractivity contribution in [2.24, 2.45) is 0 Å². The van der Waals surface area contributed by atoms with Crippen LogP contribution in [0.5, 0.6) is 0 Å². The summed E-state index contributed by atoms with van der Waals surface area (Å²) in [5.74, 6) is 2.06. The normalized spacial score (nSPS) is 17.2. The number of aromatic nitrogens is 2. The third-order valence-corrected chi connectivity index (χ3v) is 4.32. The lowest BCUT2D eigenvalue weighted by molar-refractivity contribution is 0.177. The maximum atomic E-state index is 5.53. The van der Waals surface area contributed by atoms with Crippen LogP contribution in [0.25, 0.3) is 0 Å². The van der Waals surface area contributed by atoms with E-state index in [-0.39, 0.29) is 0 Å². The van der Waals surface area contributed by atoms with Crippen LogP contribution in [0.15, 0.2) is 36.4 Å². The van der Waals surface area contributed by atoms with Crippen molar-refractivity contribution in [1.82, 2.24) is 9.97 Å². The SMILES string of the molecule is CCN(Cc1ccccc1)c1cc([C@@H]2CCOC2)nc(COC)n1. The maximum Gasteiger partial charge on any atom is 0.156 e. The van der Waals surface area contributed by atoms with Crippen LogP contribution in [0.4, 0.5) is 5.82 Å². The van der Waals surface area contributed by atoms with Crippen molar-refractivity contribution in [3.63, 3.8) is 0 Å². The van der Waals surface area contributed by atoms with Crippen molar-refractivity contribution in [3.05, 3.63) is 53.5 Å². The van der Waals surface area contributed by atoms with E-state index >= 15 is 0 Å². The first-order chi connectivity index (χ1) is 11.8. The highest BCUT2D eigenvalue weighted by Gasteiger charge is 2.22. The van der Waals surface area contributed by atoms with Crippen molar-refractivity contribution in [2.45, 2.75) is 32.4 Å². The second-order valence-electron chi connectivity index (χ2n) is 6.06. The van der Waals surface area contributed by atoms with Gasteiger partial charge < -0.3 is 14.4 Å². The van der Waals surface area contributed by atoms with Gasteiger partial charge in [-0.05, 0) is 18.9 Å². The number of methoxy groups -OCH3 is 1. The zero-order chi connectivity index (χ0) is 16.8. The van der Waals surface area contributed by atoms with E-state index in [9.17, 15) is 0 Å². The van der Waals surface area contributed by atoms with Crippen LogP contribution in [-0.4, -0.2) is 36.8 Å². The van der Waals surface area contributed by atoms with Gasteiger partial charge in [0.1, 0.15) is 12.4 Å². The molecule has 0 radical (unpaired) electrons. The summed E-state index contributed by atoms with van der Waals surface area (Å²) in [6.45, 7) is 5.86. The van der Waals surface area contributed by atoms with Gasteiger partial charge in [-0.15, -0.1) is 0 Å². The van der Waals surface area contributed by atoms with E-state index in [0.717, 1.165) is 50.1 Å². The number of anilines is 1. The lowest BCUT2D eigenvalue weighted by Crippen LogP contribution is -2.24. The van der Waals surface area contributed by atoms with Crippen molar-refractivity contribution in [3.8, 4) is 0 Å². The fourth-order valence-corrected chi connectivity index (χ4v) is 2.99. The molecule has 128 valence electrons. The summed E-state index contributed by atoms with van der Waals surface area (Å²) in [7, 11) is 1.68. The Morgan fingerprint density at radius 2 is 2.08 bits per heavy atom. The van der Waals surface area contributed by atoms with E-state index in [4.69, 9.17) is 14.5 Å². The summed E-state index contributed by atoms with van der Waals surface area (Å²) < 4.78 is 10.8. The van der Waals surface area contributed by atoms with E-state index in [1.807, 2.05) is 6.07 Å². The Labute approximate surface area is 143 Å². The van der Waals surface area contributed by atoms with Crippen LogP contribution < -0.4 is 4.90 Å². The molecule has 0 aliphatic carbocycles. The number of hydrogen-bond donors (Lipinski definition) is 0. The van der Waals surface area contributed by atoms with Crippen molar-refractivity contribution in [1.29, 1.82) is 0 Å². The Kier molecular flexibility index (Phi) is 5.77. The summed E-state index contributed by atoms with van der Waals surface area (Å²) in [6, 6.07) is 12.6. The van der Waals surface area contributed by atoms with Crippen LogP contribution >= 0.6 is 0 Å². The van der Waals surface area contributed by atoms with Gasteiger partial charge in [0.25, 0.3) is 0 Å². The molecule has 3 rings (SSSR count). The molecule has 1 fully saturated rings. The minimum Gasteiger partial charge on any atom is -0.381 e. The minimum atomic E-state index is 0.359. The zero-order valence-corrected chi connectivity index (χ0v) is 14.4. The van der Waals surface area contributed by atoms with Crippen LogP contribution in [0.3, 0.4) is 0 Å². The highest BCUT2D eigenvalue weighted by atomic mass is 16.5. The molecule has 5 nitrogen and oxygen atoms in total. The van der Waals surface area contributed by atoms with Crippen LogP contribution in [-0.2, 0) is 22.6 Å². The number of rotatable bonds is 7. The van der Waals surface area contributed by atoms with Gasteiger partial charge in [0.2, 0.25) is 0 Å². The largest absolute Gasteiger partial charge is 0.381 e. The van der Waals surface area contributed by atoms with Gasteiger partial charge in [-0.25, -0.2) is 9.97 Å². The van der Waals surface area contributed by atoms with E-state index in [1.54, 1.807) is 7.11 Å². The van der Waals surface area contributed by atoms with Gasteiger partial charge in [-0.3, -0.25) is 0 Å². The van der Waals surface area contributed by atoms with E-state index < -0.39 is 0 Å². The minimum absolute atomic E-state index is 0.359. The van der Waals surface area contributed by atoms with Crippen molar-refractivity contribution in [2.75, 3.05) is 31.8 Å². The Morgan fingerprint density at radius 1 is 1.25 bits per heavy atom. The standard InChI is InChI=1S/C19H25N3O2/c1-3-22(12-15-7-5-4-6-8-15)19-11-17(16-9-10-24-13-16)20-18(21-19)14-23-2/h4-8,11,16H,3,9-10,12-14H2,1-2H3/t16-/m1/s1. The quantitative estimate of drug-likeness (QED) is 0.782. The van der Waals surface area contributed by atoms with Gasteiger partial charge in [0, 0.05) is 38.8 Å². The molecule has 0 N–H and O–H groups in total. The number of nitrogens with zero attached hydrogens (tertiary/aromatic N) is 3. The third kappa shape index (κ3) is 4.10. The average Bonchev–Trinajstić information content (AvgIpc) is 3.15. The average molecular weight is 327 g/mol. The Balaban J connectivity index is 1.88. The Bertz CT molecular complexity index is 642. The predicted octanol–water partition coefficient (Wildman–Crippen LogP) is 3.15. The molecule has 2 heterocycles. The van der Waals surface area contributed by atoms with Gasteiger partial charge in [-0.1, -0.05) is 30.3 Å². The highest BCUT2D eigenvalue weighted by molar-refractivity contribution is 5.42. The molecule has 1 atom stereocenters. The lowest BCUT2D eigenvalue weighted by Gasteiger charge is -2.24. The number of benzene rings is 1. The van der Waals surface area contributed by atoms with Crippen molar-refractivity contribution < 1.29 is 9.47 Å². The topological polar surface area (TPSA) is 47.5 Å². The molecule has 0 spiro atoms. The van der Waals surface area contributed by atoms with Crippen LogP contribution in [0.1, 0.15) is 36.3 Å². The summed E-state index contributed by atoms with van der Waals surface area (Å²) in [5, 5.41) is 0. The Morgan fingerprint density at radius 3 is 2.75 bits per heavy atom. The van der Waals surface area contributed by atoms with Crippen LogP contribution in [0, 0.1) is 0 Å². The maximum absolute atomic E-state index is 5.53. The van der Waals surface area contributed by atoms with E-state index in [2.05, 4.69) is 47.1 Å². The lowest BCUT2D eigenvalue weighted by atomic mass is 10.0. The zero-order valence-electron chi connectivity index (χ0n) is 14.4. The summed E-state index contributed by atoms with van der Waals surface area (Å²) >= 11 is 0. The Hall–Kier alpha value is -1.98. The molecule has 0 amide bonds. The second kappa shape index (κ2) is 8.22. The molecule has 5 heteroatoms. The first-order valence-corrected chi connectivity index (χ1v) is 8.53. The molecule has 2 aromatic rings. The fourth-order valence-electron chi connectivity index (χ4n) is 2.99. The molecule has 0 unspecified atom stereocenters. The van der Waals surface area contributed by atoms with Gasteiger partial charge >= 0.3 is 0 Å². The molecule has 24 heavy (non-hydrogen) atoms. The molecular formula is C19H25N3O2. The molecule has 1 aliphatic heterocycles. The molecule has 0 bridgehead atoms. The van der Waals surface area contributed by atoms with Gasteiger partial charge in [-0.2, -0.15) is 0 Å². The second-order valence-corrected chi connectivity index (χ2v) is 6.06. The number of ether oxygens (including phenoxy) is 2. The fraction of sp³-hybridized carbons (Fsp3) is 0.474. The van der Waals surface area contributed by atoms with Crippen LogP contribution in [0.2, 0.25) is 0 Å². The number of hydrogen-bond acceptors (Lipinski definition) is 5. The third-order valence-electron chi connectivity index (χ3n) is 4.32. The van der Waals surface area contributed by atoms with Gasteiger partial charge in [0.15, 0.2) is 5.82 Å². The molecular weight excluding hydrogens is 302 g/mol. The van der Waals surface area contributed by atoms with Gasteiger partial charge in [0.05, 0.1) is 12.3 Å². The molecule has 1 aromatic heterocycles. The monoisotopic (exact) mass is 327 g/mol. The predicted molar refractivity (Wildman–Crippen MR) is 94.1 cm³/mol. The molecule has 1 saturated heterocycles. The summed E-state index contributed by atoms with van der Waals surface area (Å²) in [4.78, 5) is 11.7. The van der Waals surface area contributed by atoms with Crippen molar-refractivity contribution >= 4 is 5.82 Å². The van der Waals surface area contributed by atoms with E-state index in [0.29, 0.717) is 12.5 Å². The molecule has 0 saturated carbocycles. The first-order valence-electron chi connectivity index (χ1n) is 8.53. The summed E-state index contributed by atoms with van der Waals surface area (Å²) in [6.07, 6.45) is 1.02. The summed E-state index contributed by atoms with van der Waals surface area (Å²) in [5.41, 5.74) is 2.34. The smallest absolute Gasteiger partial charge is 0.156 e. The molecule has 1 aliphatic rings. The highest BCUT2D eigenvalue weighted by Crippen LogP contribution is 2.27. The first kappa shape index (κ1) is 16.9. The van der Waals surface area contributed by atoms with E-state index in [1.165, 1.54) is 5.56 Å².